The number of carbonyl (C=O) groups excluding carboxylic acids is 1. The Morgan fingerprint density at radius 3 is 2.50 bits per heavy atom. The summed E-state index contributed by atoms with van der Waals surface area (Å²) < 4.78 is 5.47. The first-order valence-electron chi connectivity index (χ1n) is 5.57. The van der Waals surface area contributed by atoms with Gasteiger partial charge in [0.15, 0.2) is 0 Å². The molecular formula is C13H15BrO2. The fraction of sp³-hybridized carbons (Fsp3) is 0.462. The van der Waals surface area contributed by atoms with Gasteiger partial charge in [-0.05, 0) is 17.5 Å². The molecule has 0 N–H and O–H groups in total. The fourth-order valence-corrected chi connectivity index (χ4v) is 2.76. The van der Waals surface area contributed by atoms with Crippen LogP contribution < -0.4 is 0 Å². The third kappa shape index (κ3) is 2.01. The monoisotopic (exact) mass is 282 g/mol. The maximum absolute atomic E-state index is 11.3. The van der Waals surface area contributed by atoms with Gasteiger partial charge in [0.2, 0.25) is 0 Å². The number of rotatable bonds is 3. The van der Waals surface area contributed by atoms with E-state index in [1.54, 1.807) is 0 Å². The zero-order chi connectivity index (χ0) is 11.6. The smallest absolute Gasteiger partial charge is 0.306 e. The predicted molar refractivity (Wildman–Crippen MR) is 66.6 cm³/mol. The minimum Gasteiger partial charge on any atom is -0.453 e. The van der Waals surface area contributed by atoms with Gasteiger partial charge in [-0.15, -0.1) is 0 Å². The molecule has 86 valence electrons. The van der Waals surface area contributed by atoms with Crippen molar-refractivity contribution in [1.82, 2.24) is 0 Å². The van der Waals surface area contributed by atoms with Gasteiger partial charge >= 0.3 is 5.97 Å². The van der Waals surface area contributed by atoms with Crippen LogP contribution in [-0.2, 0) is 21.6 Å². The number of ether oxygens (including phenoxy) is 1. The highest BCUT2D eigenvalue weighted by atomic mass is 79.9. The second-order valence-corrected chi connectivity index (χ2v) is 4.71. The van der Waals surface area contributed by atoms with Gasteiger partial charge in [-0.3, -0.25) is 4.79 Å². The first-order chi connectivity index (χ1) is 7.70. The summed E-state index contributed by atoms with van der Waals surface area (Å²) in [6, 6.07) is 8.34. The summed E-state index contributed by atoms with van der Waals surface area (Å²) in [5, 5.41) is 0.664. The Morgan fingerprint density at radius 1 is 1.38 bits per heavy atom. The minimum absolute atomic E-state index is 0.0981. The Morgan fingerprint density at radius 2 is 2.06 bits per heavy atom. The van der Waals surface area contributed by atoms with Crippen LogP contribution in [-0.4, -0.2) is 11.3 Å². The number of carbonyl (C=O) groups is 1. The molecule has 1 fully saturated rings. The second kappa shape index (κ2) is 4.58. The van der Waals surface area contributed by atoms with E-state index in [0.29, 0.717) is 11.8 Å². The Bertz CT molecular complexity index is 385. The molecule has 1 heterocycles. The van der Waals surface area contributed by atoms with E-state index in [1.807, 2.05) is 0 Å². The van der Waals surface area contributed by atoms with Crippen LogP contribution in [0.3, 0.4) is 0 Å². The standard InChI is InChI=1S/C13H15BrO2/c1-2-10-3-5-11(6-4-10)13(9-14)8-7-12(15)16-13/h3-6H,2,7-9H2,1H3. The number of hydrogen-bond donors (Lipinski definition) is 0. The van der Waals surface area contributed by atoms with Crippen molar-refractivity contribution in [2.75, 3.05) is 5.33 Å². The van der Waals surface area contributed by atoms with E-state index < -0.39 is 5.60 Å². The molecular weight excluding hydrogens is 268 g/mol. The Hall–Kier alpha value is -0.830. The largest absolute Gasteiger partial charge is 0.453 e. The molecule has 1 aromatic carbocycles. The molecule has 1 aliphatic rings. The molecule has 1 atom stereocenters. The van der Waals surface area contributed by atoms with Crippen molar-refractivity contribution in [2.45, 2.75) is 31.8 Å². The van der Waals surface area contributed by atoms with Crippen molar-refractivity contribution in [1.29, 1.82) is 0 Å². The van der Waals surface area contributed by atoms with Gasteiger partial charge in [-0.1, -0.05) is 47.1 Å². The lowest BCUT2D eigenvalue weighted by Gasteiger charge is -2.26. The number of aryl methyl sites for hydroxylation is 1. The maximum Gasteiger partial charge on any atom is 0.306 e. The number of halogens is 1. The summed E-state index contributed by atoms with van der Waals surface area (Å²) in [5.41, 5.74) is 1.95. The molecule has 0 aliphatic carbocycles. The quantitative estimate of drug-likeness (QED) is 0.629. The van der Waals surface area contributed by atoms with Crippen molar-refractivity contribution >= 4 is 21.9 Å². The second-order valence-electron chi connectivity index (χ2n) is 4.15. The van der Waals surface area contributed by atoms with Crippen molar-refractivity contribution in [3.8, 4) is 0 Å². The first kappa shape index (κ1) is 11.6. The van der Waals surface area contributed by atoms with Crippen LogP contribution in [0.15, 0.2) is 24.3 Å². The average Bonchev–Trinajstić information content (AvgIpc) is 2.72. The number of alkyl halides is 1. The molecule has 0 radical (unpaired) electrons. The van der Waals surface area contributed by atoms with E-state index in [1.165, 1.54) is 5.56 Å². The van der Waals surface area contributed by atoms with Crippen LogP contribution in [0.2, 0.25) is 0 Å². The fourth-order valence-electron chi connectivity index (χ4n) is 2.04. The molecule has 1 saturated heterocycles. The molecule has 0 saturated carbocycles. The van der Waals surface area contributed by atoms with E-state index in [9.17, 15) is 4.79 Å². The van der Waals surface area contributed by atoms with E-state index in [2.05, 4.69) is 47.1 Å². The first-order valence-corrected chi connectivity index (χ1v) is 6.69. The lowest BCUT2D eigenvalue weighted by Crippen LogP contribution is -2.27. The topological polar surface area (TPSA) is 26.3 Å². The van der Waals surface area contributed by atoms with Crippen LogP contribution >= 0.6 is 15.9 Å². The summed E-state index contributed by atoms with van der Waals surface area (Å²) in [4.78, 5) is 11.3. The lowest BCUT2D eigenvalue weighted by molar-refractivity contribution is -0.147. The van der Waals surface area contributed by atoms with Gasteiger partial charge in [-0.2, -0.15) is 0 Å². The zero-order valence-corrected chi connectivity index (χ0v) is 10.9. The SMILES string of the molecule is CCc1ccc(C2(CBr)CCC(=O)O2)cc1. The van der Waals surface area contributed by atoms with E-state index >= 15 is 0 Å². The number of cyclic esters (lactones) is 1. The van der Waals surface area contributed by atoms with E-state index in [0.717, 1.165) is 18.4 Å². The summed E-state index contributed by atoms with van der Waals surface area (Å²) >= 11 is 3.46. The van der Waals surface area contributed by atoms with Gasteiger partial charge in [-0.25, -0.2) is 0 Å². The molecule has 2 nitrogen and oxygen atoms in total. The predicted octanol–water partition coefficient (Wildman–Crippen LogP) is 3.18. The summed E-state index contributed by atoms with van der Waals surface area (Å²) in [6.45, 7) is 2.13. The summed E-state index contributed by atoms with van der Waals surface area (Å²) in [5.74, 6) is -0.0981. The highest BCUT2D eigenvalue weighted by molar-refractivity contribution is 9.09. The van der Waals surface area contributed by atoms with Gasteiger partial charge in [0.05, 0.1) is 0 Å². The third-order valence-corrected chi connectivity index (χ3v) is 4.05. The highest BCUT2D eigenvalue weighted by Crippen LogP contribution is 2.38. The summed E-state index contributed by atoms with van der Waals surface area (Å²) in [6.07, 6.45) is 2.31. The Labute approximate surface area is 104 Å². The third-order valence-electron chi connectivity index (χ3n) is 3.15. The Balaban J connectivity index is 2.30. The van der Waals surface area contributed by atoms with Crippen molar-refractivity contribution < 1.29 is 9.53 Å². The lowest BCUT2D eigenvalue weighted by atomic mass is 9.92. The molecule has 3 heteroatoms. The van der Waals surface area contributed by atoms with Crippen LogP contribution in [0, 0.1) is 0 Å². The molecule has 16 heavy (non-hydrogen) atoms. The van der Waals surface area contributed by atoms with Gasteiger partial charge in [0.1, 0.15) is 5.60 Å². The van der Waals surface area contributed by atoms with Crippen molar-refractivity contribution in [3.63, 3.8) is 0 Å². The van der Waals surface area contributed by atoms with Gasteiger partial charge in [0.25, 0.3) is 0 Å². The molecule has 0 bridgehead atoms. The van der Waals surface area contributed by atoms with Crippen LogP contribution in [0.5, 0.6) is 0 Å². The summed E-state index contributed by atoms with van der Waals surface area (Å²) in [7, 11) is 0. The van der Waals surface area contributed by atoms with E-state index in [4.69, 9.17) is 4.74 Å². The molecule has 1 unspecified atom stereocenters. The zero-order valence-electron chi connectivity index (χ0n) is 9.33. The normalized spacial score (nSPS) is 24.5. The molecule has 0 spiro atoms. The number of hydrogen-bond acceptors (Lipinski definition) is 2. The molecule has 0 amide bonds. The molecule has 0 aromatic heterocycles. The maximum atomic E-state index is 11.3. The minimum atomic E-state index is -0.441. The van der Waals surface area contributed by atoms with Crippen LogP contribution in [0.4, 0.5) is 0 Å². The van der Waals surface area contributed by atoms with Gasteiger partial charge in [0, 0.05) is 18.2 Å². The van der Waals surface area contributed by atoms with Crippen molar-refractivity contribution in [3.05, 3.63) is 35.4 Å². The molecule has 2 rings (SSSR count). The highest BCUT2D eigenvalue weighted by Gasteiger charge is 2.40. The molecule has 1 aliphatic heterocycles. The number of benzene rings is 1. The van der Waals surface area contributed by atoms with Crippen molar-refractivity contribution in [2.24, 2.45) is 0 Å². The van der Waals surface area contributed by atoms with Crippen LogP contribution in [0.1, 0.15) is 30.9 Å². The molecule has 1 aromatic rings. The van der Waals surface area contributed by atoms with E-state index in [-0.39, 0.29) is 5.97 Å². The number of esters is 1. The van der Waals surface area contributed by atoms with Crippen LogP contribution in [0.25, 0.3) is 0 Å². The Kier molecular flexibility index (Phi) is 3.33. The van der Waals surface area contributed by atoms with Gasteiger partial charge < -0.3 is 4.74 Å². The average molecular weight is 283 g/mol.